The van der Waals surface area contributed by atoms with E-state index in [9.17, 15) is 4.79 Å². The summed E-state index contributed by atoms with van der Waals surface area (Å²) in [5, 5.41) is 5.27. The lowest BCUT2D eigenvalue weighted by Gasteiger charge is -2.18. The van der Waals surface area contributed by atoms with Gasteiger partial charge in [-0.05, 0) is 32.3 Å². The molecule has 2 N–H and O–H groups in total. The van der Waals surface area contributed by atoms with Gasteiger partial charge in [-0.1, -0.05) is 13.8 Å². The number of fused-ring (bicyclic) bond motifs is 1. The van der Waals surface area contributed by atoms with Gasteiger partial charge in [-0.25, -0.2) is 9.67 Å². The minimum atomic E-state index is 0.0376. The Morgan fingerprint density at radius 1 is 1.35 bits per heavy atom. The first-order chi connectivity index (χ1) is 10.9. The Bertz CT molecular complexity index is 734. The normalized spacial score (nSPS) is 18.6. The van der Waals surface area contributed by atoms with Crippen LogP contribution in [0.2, 0.25) is 0 Å². The van der Waals surface area contributed by atoms with Gasteiger partial charge in [0.15, 0.2) is 5.65 Å². The summed E-state index contributed by atoms with van der Waals surface area (Å²) in [7, 11) is 0. The number of hydrogen-bond acceptors (Lipinski definition) is 4. The predicted octanol–water partition coefficient (Wildman–Crippen LogP) is 2.31. The summed E-state index contributed by atoms with van der Waals surface area (Å²) in [5.74, 6) is 0.290. The molecule has 1 aliphatic heterocycles. The van der Waals surface area contributed by atoms with Gasteiger partial charge in [0.05, 0.1) is 17.1 Å². The quantitative estimate of drug-likeness (QED) is 0.943. The Balaban J connectivity index is 2.13. The Hall–Kier alpha value is -1.95. The number of hydrogen-bond donors (Lipinski definition) is 1. The van der Waals surface area contributed by atoms with Crippen LogP contribution in [0, 0.1) is 0 Å². The highest BCUT2D eigenvalue weighted by atomic mass is 16.2. The summed E-state index contributed by atoms with van der Waals surface area (Å²) in [6, 6.07) is 2.20. The molecule has 3 heterocycles. The largest absolute Gasteiger partial charge is 0.337 e. The van der Waals surface area contributed by atoms with E-state index in [2.05, 4.69) is 32.8 Å². The second-order valence-corrected chi connectivity index (χ2v) is 6.97. The molecule has 1 saturated heterocycles. The Morgan fingerprint density at radius 2 is 2.09 bits per heavy atom. The van der Waals surface area contributed by atoms with Gasteiger partial charge in [-0.15, -0.1) is 0 Å². The molecule has 0 unspecified atom stereocenters. The molecule has 1 fully saturated rings. The minimum Gasteiger partial charge on any atom is -0.337 e. The first kappa shape index (κ1) is 15.9. The van der Waals surface area contributed by atoms with Gasteiger partial charge in [-0.3, -0.25) is 4.79 Å². The number of carbonyl (C=O) groups excluding carboxylic acids is 1. The second-order valence-electron chi connectivity index (χ2n) is 6.97. The Morgan fingerprint density at radius 3 is 2.65 bits per heavy atom. The van der Waals surface area contributed by atoms with Crippen molar-refractivity contribution in [3.63, 3.8) is 0 Å². The molecule has 2 aromatic heterocycles. The van der Waals surface area contributed by atoms with Crippen molar-refractivity contribution >= 4 is 16.9 Å². The molecule has 1 amide bonds. The molecule has 0 aliphatic carbocycles. The number of amides is 1. The van der Waals surface area contributed by atoms with Crippen molar-refractivity contribution in [1.82, 2.24) is 19.7 Å². The number of carbonyl (C=O) groups is 1. The molecule has 1 atom stereocenters. The van der Waals surface area contributed by atoms with E-state index in [0.717, 1.165) is 29.7 Å². The second kappa shape index (κ2) is 5.92. The molecule has 0 bridgehead atoms. The highest BCUT2D eigenvalue weighted by Crippen LogP contribution is 2.26. The summed E-state index contributed by atoms with van der Waals surface area (Å²) in [4.78, 5) is 19.6. The summed E-state index contributed by atoms with van der Waals surface area (Å²) in [6.07, 6.45) is 2.62. The van der Waals surface area contributed by atoms with Crippen LogP contribution in [0.15, 0.2) is 12.3 Å². The molecule has 6 nitrogen and oxygen atoms in total. The lowest BCUT2D eigenvalue weighted by atomic mass is 10.0. The number of nitrogens with two attached hydrogens (primary N) is 1. The topological polar surface area (TPSA) is 77.0 Å². The molecule has 0 spiro atoms. The third-order valence-electron chi connectivity index (χ3n) is 4.41. The van der Waals surface area contributed by atoms with Crippen LogP contribution in [0.4, 0.5) is 0 Å². The summed E-state index contributed by atoms with van der Waals surface area (Å²) in [5.41, 5.74) is 8.36. The molecule has 23 heavy (non-hydrogen) atoms. The van der Waals surface area contributed by atoms with Crippen molar-refractivity contribution in [1.29, 1.82) is 0 Å². The van der Waals surface area contributed by atoms with Crippen LogP contribution in [0.5, 0.6) is 0 Å². The minimum absolute atomic E-state index is 0.0376. The Kier molecular flexibility index (Phi) is 4.10. The van der Waals surface area contributed by atoms with Gasteiger partial charge in [0.25, 0.3) is 5.91 Å². The van der Waals surface area contributed by atoms with Gasteiger partial charge in [-0.2, -0.15) is 5.10 Å². The fraction of sp³-hybridized carbons (Fsp3) is 0.588. The Labute approximate surface area is 136 Å². The molecule has 0 aromatic carbocycles. The van der Waals surface area contributed by atoms with Crippen molar-refractivity contribution in [2.24, 2.45) is 5.73 Å². The van der Waals surface area contributed by atoms with E-state index in [1.54, 1.807) is 6.20 Å². The van der Waals surface area contributed by atoms with E-state index in [0.29, 0.717) is 12.1 Å². The van der Waals surface area contributed by atoms with Crippen molar-refractivity contribution in [2.75, 3.05) is 13.1 Å². The van der Waals surface area contributed by atoms with Gasteiger partial charge in [0.1, 0.15) is 0 Å². The average molecular weight is 315 g/mol. The van der Waals surface area contributed by atoms with E-state index < -0.39 is 0 Å². The molecule has 3 rings (SSSR count). The lowest BCUT2D eigenvalue weighted by molar-refractivity contribution is 0.0792. The third kappa shape index (κ3) is 2.83. The van der Waals surface area contributed by atoms with E-state index in [4.69, 9.17) is 10.7 Å². The van der Waals surface area contributed by atoms with Crippen molar-refractivity contribution < 1.29 is 4.79 Å². The van der Waals surface area contributed by atoms with Crippen LogP contribution < -0.4 is 5.73 Å². The monoisotopic (exact) mass is 315 g/mol. The summed E-state index contributed by atoms with van der Waals surface area (Å²) < 4.78 is 1.88. The fourth-order valence-corrected chi connectivity index (χ4v) is 3.03. The maximum atomic E-state index is 13.0. The van der Waals surface area contributed by atoms with Gasteiger partial charge < -0.3 is 10.6 Å². The van der Waals surface area contributed by atoms with Crippen molar-refractivity contribution in [2.45, 2.75) is 52.1 Å². The van der Waals surface area contributed by atoms with E-state index in [1.165, 1.54) is 0 Å². The van der Waals surface area contributed by atoms with Gasteiger partial charge in [0, 0.05) is 30.9 Å². The van der Waals surface area contributed by atoms with E-state index in [1.807, 2.05) is 15.6 Å². The zero-order valence-corrected chi connectivity index (χ0v) is 14.3. The standard InChI is InChI=1S/C17H25N5O/c1-10(2)15-7-13(17(23)21-6-5-12(18)9-21)14-8-19-22(11(3)4)16(14)20-15/h7-8,10-12H,5-6,9,18H2,1-4H3/t12-/m1/s1. The lowest BCUT2D eigenvalue weighted by Crippen LogP contribution is -2.32. The first-order valence-electron chi connectivity index (χ1n) is 8.31. The number of nitrogens with zero attached hydrogens (tertiary/aromatic N) is 4. The van der Waals surface area contributed by atoms with Crippen LogP contribution in [0.25, 0.3) is 11.0 Å². The highest BCUT2D eigenvalue weighted by molar-refractivity contribution is 6.05. The van der Waals surface area contributed by atoms with Crippen LogP contribution in [0.3, 0.4) is 0 Å². The fourth-order valence-electron chi connectivity index (χ4n) is 3.03. The maximum Gasteiger partial charge on any atom is 0.254 e. The maximum absolute atomic E-state index is 13.0. The van der Waals surface area contributed by atoms with E-state index in [-0.39, 0.29) is 23.9 Å². The third-order valence-corrected chi connectivity index (χ3v) is 4.41. The van der Waals surface area contributed by atoms with Crippen molar-refractivity contribution in [3.05, 3.63) is 23.5 Å². The smallest absolute Gasteiger partial charge is 0.254 e. The zero-order valence-electron chi connectivity index (χ0n) is 14.3. The highest BCUT2D eigenvalue weighted by Gasteiger charge is 2.27. The van der Waals surface area contributed by atoms with Crippen molar-refractivity contribution in [3.8, 4) is 0 Å². The molecule has 1 aliphatic rings. The van der Waals surface area contributed by atoms with Crippen LogP contribution in [-0.4, -0.2) is 44.7 Å². The molecular formula is C17H25N5O. The molecular weight excluding hydrogens is 290 g/mol. The van der Waals surface area contributed by atoms with Crippen LogP contribution in [-0.2, 0) is 0 Å². The zero-order chi connectivity index (χ0) is 16.7. The number of rotatable bonds is 3. The molecule has 0 radical (unpaired) electrons. The number of likely N-dealkylation sites (tertiary alicyclic amines) is 1. The van der Waals surface area contributed by atoms with Crippen LogP contribution in [0.1, 0.15) is 62.1 Å². The van der Waals surface area contributed by atoms with Gasteiger partial charge in [0.2, 0.25) is 0 Å². The molecule has 6 heteroatoms. The molecule has 2 aromatic rings. The molecule has 124 valence electrons. The molecule has 0 saturated carbocycles. The summed E-state index contributed by atoms with van der Waals surface area (Å²) >= 11 is 0. The van der Waals surface area contributed by atoms with E-state index >= 15 is 0 Å². The number of aromatic nitrogens is 3. The van der Waals surface area contributed by atoms with Crippen LogP contribution >= 0.6 is 0 Å². The predicted molar refractivity (Wildman–Crippen MR) is 90.5 cm³/mol. The first-order valence-corrected chi connectivity index (χ1v) is 8.31. The summed E-state index contributed by atoms with van der Waals surface area (Å²) in [6.45, 7) is 9.65. The SMILES string of the molecule is CC(C)c1cc(C(=O)N2CC[C@@H](N)C2)c2cnn(C(C)C)c2n1. The van der Waals surface area contributed by atoms with Gasteiger partial charge >= 0.3 is 0 Å². The average Bonchev–Trinajstić information content (AvgIpc) is 3.11. The number of pyridine rings is 1.